The molecule has 0 saturated heterocycles. The molecular weight excluding hydrogens is 320 g/mol. The number of benzene rings is 1. The third-order valence-electron chi connectivity index (χ3n) is 3.33. The zero-order valence-electron chi connectivity index (χ0n) is 13.0. The molecule has 0 saturated carbocycles. The number of hydrogen-bond acceptors (Lipinski definition) is 5. The normalized spacial score (nSPS) is 13.2. The van der Waals surface area contributed by atoms with E-state index < -0.39 is 21.0 Å². The fraction of sp³-hybridized carbons (Fsp3) is 0.357. The second kappa shape index (κ2) is 6.47. The van der Waals surface area contributed by atoms with Crippen molar-refractivity contribution in [2.45, 2.75) is 37.8 Å². The molecule has 0 spiro atoms. The molecule has 9 heteroatoms. The molecular formula is C14H18N4O4S. The highest BCUT2D eigenvalue weighted by Crippen LogP contribution is 2.21. The van der Waals surface area contributed by atoms with Crippen molar-refractivity contribution in [3.63, 3.8) is 0 Å². The molecule has 0 aliphatic heterocycles. The van der Waals surface area contributed by atoms with E-state index in [-0.39, 0.29) is 16.6 Å². The first-order valence-electron chi connectivity index (χ1n) is 7.01. The van der Waals surface area contributed by atoms with Gasteiger partial charge in [0.15, 0.2) is 0 Å². The molecule has 1 N–H and O–H groups in total. The van der Waals surface area contributed by atoms with Crippen LogP contribution in [0.2, 0.25) is 0 Å². The number of hydrogen-bond donors (Lipinski definition) is 1. The lowest BCUT2D eigenvalue weighted by Gasteiger charge is -2.13. The number of aromatic nitrogens is 2. The third kappa shape index (κ3) is 3.93. The van der Waals surface area contributed by atoms with Gasteiger partial charge in [-0.1, -0.05) is 12.1 Å². The Bertz CT molecular complexity index is 814. The Morgan fingerprint density at radius 3 is 2.57 bits per heavy atom. The molecule has 1 aromatic carbocycles. The lowest BCUT2D eigenvalue weighted by atomic mass is 10.1. The molecule has 124 valence electrons. The van der Waals surface area contributed by atoms with Crippen molar-refractivity contribution in [3.8, 4) is 0 Å². The van der Waals surface area contributed by atoms with Gasteiger partial charge in [0.25, 0.3) is 5.69 Å². The maximum atomic E-state index is 12.4. The topological polar surface area (TPSA) is 107 Å². The predicted octanol–water partition coefficient (Wildman–Crippen LogP) is 2.41. The van der Waals surface area contributed by atoms with E-state index in [9.17, 15) is 18.5 Å². The zero-order chi connectivity index (χ0) is 17.2. The van der Waals surface area contributed by atoms with Crippen molar-refractivity contribution in [1.29, 1.82) is 0 Å². The van der Waals surface area contributed by atoms with Crippen LogP contribution in [-0.4, -0.2) is 23.1 Å². The highest BCUT2D eigenvalue weighted by atomic mass is 32.2. The average molecular weight is 338 g/mol. The number of sulfonamides is 1. The van der Waals surface area contributed by atoms with Crippen LogP contribution >= 0.6 is 0 Å². The van der Waals surface area contributed by atoms with Gasteiger partial charge in [-0.05, 0) is 26.3 Å². The van der Waals surface area contributed by atoms with Crippen LogP contribution < -0.4 is 4.72 Å². The van der Waals surface area contributed by atoms with E-state index in [1.165, 1.54) is 30.6 Å². The van der Waals surface area contributed by atoms with Crippen molar-refractivity contribution in [2.24, 2.45) is 0 Å². The van der Waals surface area contributed by atoms with Gasteiger partial charge >= 0.3 is 0 Å². The van der Waals surface area contributed by atoms with E-state index in [0.29, 0.717) is 5.56 Å². The fourth-order valence-electron chi connectivity index (χ4n) is 2.02. The van der Waals surface area contributed by atoms with Crippen molar-refractivity contribution in [3.05, 3.63) is 52.3 Å². The van der Waals surface area contributed by atoms with Gasteiger partial charge in [0.1, 0.15) is 4.90 Å². The summed E-state index contributed by atoms with van der Waals surface area (Å²) >= 11 is 0. The summed E-state index contributed by atoms with van der Waals surface area (Å²) in [7, 11) is -3.76. The molecule has 8 nitrogen and oxygen atoms in total. The monoisotopic (exact) mass is 338 g/mol. The van der Waals surface area contributed by atoms with Gasteiger partial charge < -0.3 is 0 Å². The number of nitrogens with one attached hydrogen (secondary N) is 1. The standard InChI is InChI=1S/C14H18N4O4S/c1-10(2)17-9-14(8-15-17)23(21,22)16-11(3)12-5-4-6-13(7-12)18(19)20/h4-11,16H,1-3H3/t11-/m0/s1. The second-order valence-electron chi connectivity index (χ2n) is 5.44. The van der Waals surface area contributed by atoms with E-state index in [2.05, 4.69) is 9.82 Å². The third-order valence-corrected chi connectivity index (χ3v) is 4.83. The SMILES string of the molecule is CC(C)n1cc(S(=O)(=O)N[C@@H](C)c2cccc([N+](=O)[O-])c2)cn1. The quantitative estimate of drug-likeness (QED) is 0.643. The summed E-state index contributed by atoms with van der Waals surface area (Å²) in [6, 6.07) is 5.31. The van der Waals surface area contributed by atoms with Crippen LogP contribution in [0.1, 0.15) is 38.4 Å². The zero-order valence-corrected chi connectivity index (χ0v) is 13.8. The van der Waals surface area contributed by atoms with Gasteiger partial charge in [-0.25, -0.2) is 13.1 Å². The summed E-state index contributed by atoms with van der Waals surface area (Å²) in [5.74, 6) is 0. The van der Waals surface area contributed by atoms with Gasteiger partial charge in [-0.15, -0.1) is 0 Å². The van der Waals surface area contributed by atoms with Gasteiger partial charge in [0.05, 0.1) is 11.1 Å². The average Bonchev–Trinajstić information content (AvgIpc) is 2.98. The van der Waals surface area contributed by atoms with E-state index in [1.807, 2.05) is 13.8 Å². The Kier molecular flexibility index (Phi) is 4.81. The van der Waals surface area contributed by atoms with Crippen LogP contribution in [0.3, 0.4) is 0 Å². The fourth-order valence-corrected chi connectivity index (χ4v) is 3.19. The van der Waals surface area contributed by atoms with Gasteiger partial charge in [0, 0.05) is 30.4 Å². The van der Waals surface area contributed by atoms with Crippen LogP contribution in [0.4, 0.5) is 5.69 Å². The van der Waals surface area contributed by atoms with E-state index >= 15 is 0 Å². The van der Waals surface area contributed by atoms with Crippen LogP contribution in [0.5, 0.6) is 0 Å². The number of rotatable bonds is 6. The number of nitro groups is 1. The van der Waals surface area contributed by atoms with Crippen LogP contribution in [0.25, 0.3) is 0 Å². The van der Waals surface area contributed by atoms with Crippen molar-refractivity contribution >= 4 is 15.7 Å². The summed E-state index contributed by atoms with van der Waals surface area (Å²) in [4.78, 5) is 10.3. The summed E-state index contributed by atoms with van der Waals surface area (Å²) in [6.45, 7) is 5.41. The lowest BCUT2D eigenvalue weighted by molar-refractivity contribution is -0.384. The molecule has 2 aromatic rings. The molecule has 1 aromatic heterocycles. The molecule has 0 aliphatic rings. The Balaban J connectivity index is 2.22. The lowest BCUT2D eigenvalue weighted by Crippen LogP contribution is -2.26. The summed E-state index contributed by atoms with van der Waals surface area (Å²) in [5, 5.41) is 14.8. The van der Waals surface area contributed by atoms with E-state index in [1.54, 1.807) is 17.7 Å². The van der Waals surface area contributed by atoms with E-state index in [0.717, 1.165) is 0 Å². The first-order chi connectivity index (χ1) is 10.7. The van der Waals surface area contributed by atoms with Crippen molar-refractivity contribution in [2.75, 3.05) is 0 Å². The highest BCUT2D eigenvalue weighted by molar-refractivity contribution is 7.89. The van der Waals surface area contributed by atoms with Crippen LogP contribution in [0.15, 0.2) is 41.6 Å². The Hall–Kier alpha value is -2.26. The minimum atomic E-state index is -3.76. The predicted molar refractivity (Wildman–Crippen MR) is 84.4 cm³/mol. The highest BCUT2D eigenvalue weighted by Gasteiger charge is 2.21. The van der Waals surface area contributed by atoms with Crippen molar-refractivity contribution in [1.82, 2.24) is 14.5 Å². The Morgan fingerprint density at radius 2 is 2.00 bits per heavy atom. The molecule has 23 heavy (non-hydrogen) atoms. The molecule has 1 heterocycles. The molecule has 0 unspecified atom stereocenters. The number of nitrogens with zero attached hydrogens (tertiary/aromatic N) is 3. The Labute approximate surface area is 134 Å². The molecule has 0 amide bonds. The molecule has 0 bridgehead atoms. The minimum Gasteiger partial charge on any atom is -0.269 e. The van der Waals surface area contributed by atoms with Gasteiger partial charge in [0.2, 0.25) is 10.0 Å². The molecule has 0 radical (unpaired) electrons. The summed E-state index contributed by atoms with van der Waals surface area (Å²) in [5.41, 5.74) is 0.431. The van der Waals surface area contributed by atoms with Crippen molar-refractivity contribution < 1.29 is 13.3 Å². The largest absolute Gasteiger partial charge is 0.269 e. The van der Waals surface area contributed by atoms with Crippen LogP contribution in [-0.2, 0) is 10.0 Å². The van der Waals surface area contributed by atoms with E-state index in [4.69, 9.17) is 0 Å². The first kappa shape index (κ1) is 17.1. The van der Waals surface area contributed by atoms with Gasteiger partial charge in [-0.2, -0.15) is 5.10 Å². The summed E-state index contributed by atoms with van der Waals surface area (Å²) in [6.07, 6.45) is 2.73. The number of non-ortho nitro benzene ring substituents is 1. The van der Waals surface area contributed by atoms with Crippen LogP contribution in [0, 0.1) is 10.1 Å². The minimum absolute atomic E-state index is 0.0492. The maximum absolute atomic E-state index is 12.4. The molecule has 0 aliphatic carbocycles. The molecule has 0 fully saturated rings. The first-order valence-corrected chi connectivity index (χ1v) is 8.50. The molecule has 2 rings (SSSR count). The summed E-state index contributed by atoms with van der Waals surface area (Å²) < 4.78 is 28.8. The smallest absolute Gasteiger partial charge is 0.269 e. The number of nitro benzene ring substituents is 1. The Morgan fingerprint density at radius 1 is 1.30 bits per heavy atom. The maximum Gasteiger partial charge on any atom is 0.269 e. The molecule has 1 atom stereocenters. The second-order valence-corrected chi connectivity index (χ2v) is 7.16. The van der Waals surface area contributed by atoms with Gasteiger partial charge in [-0.3, -0.25) is 14.8 Å².